The summed E-state index contributed by atoms with van der Waals surface area (Å²) < 4.78 is 11.4. The van der Waals surface area contributed by atoms with Gasteiger partial charge in [-0.15, -0.1) is 0 Å². The highest BCUT2D eigenvalue weighted by Gasteiger charge is 2.20. The molecule has 112 valence electrons. The first-order valence-corrected chi connectivity index (χ1v) is 7.07. The van der Waals surface area contributed by atoms with E-state index in [4.69, 9.17) is 15.2 Å². The smallest absolute Gasteiger partial charge is 0.162 e. The molecule has 1 aromatic heterocycles. The molecule has 0 bridgehead atoms. The monoisotopic (exact) mass is 288 g/mol. The van der Waals surface area contributed by atoms with Crippen molar-refractivity contribution in [2.24, 2.45) is 5.92 Å². The van der Waals surface area contributed by atoms with Crippen LogP contribution in [0.4, 0.5) is 5.69 Å². The normalized spacial score (nSPS) is 19.0. The van der Waals surface area contributed by atoms with Gasteiger partial charge in [0.15, 0.2) is 11.5 Å². The fraction of sp³-hybridized carbons (Fsp3) is 0.467. The van der Waals surface area contributed by atoms with Crippen LogP contribution >= 0.6 is 0 Å². The molecule has 1 aliphatic rings. The van der Waals surface area contributed by atoms with Gasteiger partial charge in [-0.1, -0.05) is 0 Å². The molecule has 0 amide bonds. The molecule has 0 spiro atoms. The van der Waals surface area contributed by atoms with E-state index in [1.165, 1.54) is 6.42 Å². The molecule has 0 radical (unpaired) electrons. The largest absolute Gasteiger partial charge is 0.493 e. The summed E-state index contributed by atoms with van der Waals surface area (Å²) in [6.07, 6.45) is 2.71. The van der Waals surface area contributed by atoms with Gasteiger partial charge in [0, 0.05) is 23.9 Å². The number of benzene rings is 1. The highest BCUT2D eigenvalue weighted by Crippen LogP contribution is 2.34. The van der Waals surface area contributed by atoms with Gasteiger partial charge in [-0.2, -0.15) is 10.2 Å². The Morgan fingerprint density at radius 2 is 2.24 bits per heavy atom. The van der Waals surface area contributed by atoms with E-state index in [9.17, 15) is 0 Å². The van der Waals surface area contributed by atoms with Gasteiger partial charge in [-0.05, 0) is 26.1 Å². The molecule has 1 fully saturated rings. The number of hydrogen-bond donors (Lipinski definition) is 1. The van der Waals surface area contributed by atoms with Crippen LogP contribution in [0, 0.1) is 5.92 Å². The average molecular weight is 288 g/mol. The molecule has 1 aliphatic heterocycles. The molecular formula is C15H20N4O2. The van der Waals surface area contributed by atoms with Crippen LogP contribution in [0.2, 0.25) is 0 Å². The molecule has 1 saturated heterocycles. The molecule has 1 aromatic carbocycles. The van der Waals surface area contributed by atoms with Gasteiger partial charge in [0.1, 0.15) is 0 Å². The van der Waals surface area contributed by atoms with Gasteiger partial charge in [0.25, 0.3) is 0 Å². The van der Waals surface area contributed by atoms with Crippen LogP contribution in [0.3, 0.4) is 0 Å². The van der Waals surface area contributed by atoms with Crippen molar-refractivity contribution < 1.29 is 9.47 Å². The number of nitrogens with zero attached hydrogens (tertiary/aromatic N) is 3. The number of nitrogens with two attached hydrogens (primary N) is 1. The van der Waals surface area contributed by atoms with Crippen molar-refractivity contribution in [3.63, 3.8) is 0 Å². The van der Waals surface area contributed by atoms with Crippen molar-refractivity contribution in [2.45, 2.75) is 6.42 Å². The van der Waals surface area contributed by atoms with Gasteiger partial charge in [-0.25, -0.2) is 0 Å². The average Bonchev–Trinajstić information content (AvgIpc) is 2.90. The molecule has 6 nitrogen and oxygen atoms in total. The standard InChI is InChI=1S/C15H20N4O2/c1-19-4-3-10(8-19)9-21-15-5-11-12(16)7-17-18-13(11)6-14(15)20-2/h5-7,10H,3-4,8-9H2,1-2H3,(H2,16,18)/t10-/m0/s1. The van der Waals surface area contributed by atoms with E-state index < -0.39 is 0 Å². The Hall–Kier alpha value is -2.08. The zero-order chi connectivity index (χ0) is 14.8. The summed E-state index contributed by atoms with van der Waals surface area (Å²) in [5.74, 6) is 1.93. The number of fused-ring (bicyclic) bond motifs is 1. The lowest BCUT2D eigenvalue weighted by Gasteiger charge is -2.15. The summed E-state index contributed by atoms with van der Waals surface area (Å²) in [5.41, 5.74) is 7.25. The lowest BCUT2D eigenvalue weighted by atomic mass is 10.1. The van der Waals surface area contributed by atoms with Crippen LogP contribution in [0.15, 0.2) is 18.3 Å². The van der Waals surface area contributed by atoms with E-state index in [0.717, 1.165) is 18.5 Å². The lowest BCUT2D eigenvalue weighted by molar-refractivity contribution is 0.239. The van der Waals surface area contributed by atoms with E-state index in [-0.39, 0.29) is 0 Å². The fourth-order valence-corrected chi connectivity index (χ4v) is 2.73. The topological polar surface area (TPSA) is 73.5 Å². The summed E-state index contributed by atoms with van der Waals surface area (Å²) >= 11 is 0. The third kappa shape index (κ3) is 2.85. The van der Waals surface area contributed by atoms with E-state index >= 15 is 0 Å². The zero-order valence-corrected chi connectivity index (χ0v) is 12.4. The third-order valence-corrected chi connectivity index (χ3v) is 3.92. The molecule has 2 aromatic rings. The number of nitrogen functional groups attached to an aromatic ring is 1. The van der Waals surface area contributed by atoms with Crippen LogP contribution in [0.1, 0.15) is 6.42 Å². The summed E-state index contributed by atoms with van der Waals surface area (Å²) in [5, 5.41) is 8.76. The molecule has 21 heavy (non-hydrogen) atoms. The number of aromatic nitrogens is 2. The second-order valence-corrected chi connectivity index (χ2v) is 5.55. The maximum atomic E-state index is 5.97. The SMILES string of the molecule is COc1cc2nncc(N)c2cc1OC[C@H]1CCN(C)C1. The van der Waals surface area contributed by atoms with E-state index in [1.807, 2.05) is 12.1 Å². The highest BCUT2D eigenvalue weighted by molar-refractivity contribution is 5.91. The van der Waals surface area contributed by atoms with Gasteiger partial charge in [-0.3, -0.25) is 0 Å². The van der Waals surface area contributed by atoms with Crippen molar-refractivity contribution >= 4 is 16.6 Å². The van der Waals surface area contributed by atoms with Crippen LogP contribution in [-0.4, -0.2) is 49.0 Å². The van der Waals surface area contributed by atoms with Crippen molar-refractivity contribution in [2.75, 3.05) is 39.6 Å². The summed E-state index contributed by atoms with van der Waals surface area (Å²) in [4.78, 5) is 2.32. The Bertz CT molecular complexity index is 647. The third-order valence-electron chi connectivity index (χ3n) is 3.92. The Balaban J connectivity index is 1.84. The van der Waals surface area contributed by atoms with Crippen molar-refractivity contribution in [3.05, 3.63) is 18.3 Å². The Morgan fingerprint density at radius 1 is 1.38 bits per heavy atom. The quantitative estimate of drug-likeness (QED) is 0.920. The van der Waals surface area contributed by atoms with Gasteiger partial charge >= 0.3 is 0 Å². The van der Waals surface area contributed by atoms with Crippen LogP contribution in [0.5, 0.6) is 11.5 Å². The van der Waals surface area contributed by atoms with Gasteiger partial charge < -0.3 is 20.1 Å². The summed E-state index contributed by atoms with van der Waals surface area (Å²) in [7, 11) is 3.76. The minimum absolute atomic E-state index is 0.559. The Morgan fingerprint density at radius 3 is 2.95 bits per heavy atom. The highest BCUT2D eigenvalue weighted by atomic mass is 16.5. The molecule has 2 N–H and O–H groups in total. The first-order valence-electron chi connectivity index (χ1n) is 7.07. The Kier molecular flexibility index (Phi) is 3.79. The summed E-state index contributed by atoms with van der Waals surface area (Å²) in [6.45, 7) is 2.89. The Labute approximate surface area is 123 Å². The van der Waals surface area contributed by atoms with Gasteiger partial charge in [0.2, 0.25) is 0 Å². The number of likely N-dealkylation sites (tertiary alicyclic amines) is 1. The van der Waals surface area contributed by atoms with E-state index in [2.05, 4.69) is 22.1 Å². The van der Waals surface area contributed by atoms with Crippen molar-refractivity contribution in [1.82, 2.24) is 15.1 Å². The maximum Gasteiger partial charge on any atom is 0.162 e. The number of rotatable bonds is 4. The minimum atomic E-state index is 0.559. The molecule has 0 saturated carbocycles. The molecule has 6 heteroatoms. The summed E-state index contributed by atoms with van der Waals surface area (Å²) in [6, 6.07) is 3.70. The van der Waals surface area contributed by atoms with Gasteiger partial charge in [0.05, 0.1) is 31.1 Å². The second-order valence-electron chi connectivity index (χ2n) is 5.55. The minimum Gasteiger partial charge on any atom is -0.493 e. The van der Waals surface area contributed by atoms with E-state index in [1.54, 1.807) is 13.3 Å². The molecule has 1 atom stereocenters. The molecule has 2 heterocycles. The first-order chi connectivity index (χ1) is 10.2. The van der Waals surface area contributed by atoms with Crippen LogP contribution in [-0.2, 0) is 0 Å². The molecule has 0 unspecified atom stereocenters. The number of ether oxygens (including phenoxy) is 2. The zero-order valence-electron chi connectivity index (χ0n) is 12.4. The number of methoxy groups -OCH3 is 1. The fourth-order valence-electron chi connectivity index (χ4n) is 2.73. The second kappa shape index (κ2) is 5.73. The molecule has 0 aliphatic carbocycles. The van der Waals surface area contributed by atoms with E-state index in [0.29, 0.717) is 35.2 Å². The van der Waals surface area contributed by atoms with Crippen LogP contribution in [0.25, 0.3) is 10.9 Å². The lowest BCUT2D eigenvalue weighted by Crippen LogP contribution is -2.18. The number of hydrogen-bond acceptors (Lipinski definition) is 6. The van der Waals surface area contributed by atoms with Crippen LogP contribution < -0.4 is 15.2 Å². The number of anilines is 1. The maximum absolute atomic E-state index is 5.97. The first kappa shape index (κ1) is 13.9. The van der Waals surface area contributed by atoms with Crippen molar-refractivity contribution in [3.8, 4) is 11.5 Å². The van der Waals surface area contributed by atoms with Crippen molar-refractivity contribution in [1.29, 1.82) is 0 Å². The predicted octanol–water partition coefficient (Wildman–Crippen LogP) is 1.55. The predicted molar refractivity (Wildman–Crippen MR) is 81.6 cm³/mol. The molecular weight excluding hydrogens is 268 g/mol. The molecule has 3 rings (SSSR count).